The number of aliphatic hydroxyl groups excluding tert-OH is 1. The molecule has 0 aromatic heterocycles. The van der Waals surface area contributed by atoms with E-state index in [-0.39, 0.29) is 12.1 Å². The van der Waals surface area contributed by atoms with Crippen molar-refractivity contribution in [1.82, 2.24) is 5.32 Å². The van der Waals surface area contributed by atoms with Crippen LogP contribution in [0.25, 0.3) is 0 Å². The summed E-state index contributed by atoms with van der Waals surface area (Å²) in [5.41, 5.74) is -0.174. The van der Waals surface area contributed by atoms with Crippen molar-refractivity contribution in [3.8, 4) is 0 Å². The van der Waals surface area contributed by atoms with E-state index in [1.165, 1.54) is 19.3 Å². The van der Waals surface area contributed by atoms with Gasteiger partial charge < -0.3 is 15.2 Å². The molecule has 1 unspecified atom stereocenters. The fourth-order valence-electron chi connectivity index (χ4n) is 2.38. The molecular formula is C14H29NO2. The zero-order valence-corrected chi connectivity index (χ0v) is 11.7. The van der Waals surface area contributed by atoms with Gasteiger partial charge in [-0.3, -0.25) is 0 Å². The third kappa shape index (κ3) is 4.94. The second-order valence-electron chi connectivity index (χ2n) is 5.71. The molecule has 0 aromatic rings. The van der Waals surface area contributed by atoms with Crippen LogP contribution >= 0.6 is 0 Å². The van der Waals surface area contributed by atoms with E-state index in [0.717, 1.165) is 25.5 Å². The van der Waals surface area contributed by atoms with Gasteiger partial charge in [-0.2, -0.15) is 0 Å². The average Bonchev–Trinajstić information content (AvgIpc) is 3.11. The monoisotopic (exact) mass is 243 g/mol. The van der Waals surface area contributed by atoms with E-state index in [2.05, 4.69) is 26.1 Å². The van der Waals surface area contributed by atoms with Crippen LogP contribution in [-0.4, -0.2) is 37.0 Å². The van der Waals surface area contributed by atoms with Gasteiger partial charge in [0.2, 0.25) is 0 Å². The third-order valence-electron chi connectivity index (χ3n) is 3.60. The van der Waals surface area contributed by atoms with Crippen molar-refractivity contribution in [2.24, 2.45) is 11.8 Å². The maximum Gasteiger partial charge on any atom is 0.0679 e. The largest absolute Gasteiger partial charge is 0.394 e. The Hall–Kier alpha value is -0.120. The normalized spacial score (nSPS) is 19.6. The third-order valence-corrected chi connectivity index (χ3v) is 3.60. The van der Waals surface area contributed by atoms with E-state index in [9.17, 15) is 5.11 Å². The number of rotatable bonds is 10. The van der Waals surface area contributed by atoms with Crippen LogP contribution in [0.1, 0.15) is 46.5 Å². The van der Waals surface area contributed by atoms with Gasteiger partial charge in [0.25, 0.3) is 0 Å². The topological polar surface area (TPSA) is 41.5 Å². The summed E-state index contributed by atoms with van der Waals surface area (Å²) in [4.78, 5) is 0. The summed E-state index contributed by atoms with van der Waals surface area (Å²) in [6.07, 6.45) is 4.79. The van der Waals surface area contributed by atoms with Crippen molar-refractivity contribution in [3.63, 3.8) is 0 Å². The summed E-state index contributed by atoms with van der Waals surface area (Å²) in [5, 5.41) is 13.1. The Bertz CT molecular complexity index is 204. The number of nitrogens with one attached hydrogen (secondary N) is 1. The highest BCUT2D eigenvalue weighted by Gasteiger charge is 2.44. The van der Waals surface area contributed by atoms with Gasteiger partial charge in [-0.1, -0.05) is 20.8 Å². The number of aliphatic hydroxyl groups is 1. The minimum Gasteiger partial charge on any atom is -0.394 e. The molecule has 1 rings (SSSR count). The van der Waals surface area contributed by atoms with Gasteiger partial charge in [0.15, 0.2) is 0 Å². The Labute approximate surface area is 106 Å². The van der Waals surface area contributed by atoms with E-state index >= 15 is 0 Å². The van der Waals surface area contributed by atoms with E-state index in [4.69, 9.17) is 4.74 Å². The van der Waals surface area contributed by atoms with E-state index < -0.39 is 0 Å². The number of hydrogen-bond donors (Lipinski definition) is 2. The zero-order chi connectivity index (χ0) is 12.7. The van der Waals surface area contributed by atoms with E-state index in [1.807, 2.05) is 0 Å². The molecular weight excluding hydrogens is 214 g/mol. The lowest BCUT2D eigenvalue weighted by molar-refractivity contribution is 0.0226. The lowest BCUT2D eigenvalue weighted by Crippen LogP contribution is -2.54. The predicted octanol–water partition coefficient (Wildman–Crippen LogP) is 2.19. The number of ether oxygens (including phenoxy) is 1. The molecule has 0 amide bonds. The second kappa shape index (κ2) is 7.34. The van der Waals surface area contributed by atoms with Crippen LogP contribution in [0.5, 0.6) is 0 Å². The molecule has 1 saturated carbocycles. The standard InChI is InChI=1S/C14H29NO2/c1-4-15-14(10-16,13-7-8-13)11-17-9-5-6-12(2)3/h12-13,15-16H,4-11H2,1-3H3. The molecule has 3 heteroatoms. The predicted molar refractivity (Wildman–Crippen MR) is 71.1 cm³/mol. The van der Waals surface area contributed by atoms with Crippen LogP contribution in [0.4, 0.5) is 0 Å². The molecule has 3 nitrogen and oxygen atoms in total. The minimum atomic E-state index is -0.174. The second-order valence-corrected chi connectivity index (χ2v) is 5.71. The number of likely N-dealkylation sites (N-methyl/N-ethyl adjacent to an activating group) is 1. The number of hydrogen-bond acceptors (Lipinski definition) is 3. The van der Waals surface area contributed by atoms with Crippen LogP contribution in [0.3, 0.4) is 0 Å². The molecule has 1 aliphatic carbocycles. The first kappa shape index (κ1) is 14.9. The molecule has 1 aliphatic rings. The van der Waals surface area contributed by atoms with Crippen LogP contribution in [0.15, 0.2) is 0 Å². The molecule has 17 heavy (non-hydrogen) atoms. The molecule has 1 atom stereocenters. The lowest BCUT2D eigenvalue weighted by atomic mass is 9.95. The summed E-state index contributed by atoms with van der Waals surface area (Å²) in [6, 6.07) is 0. The highest BCUT2D eigenvalue weighted by atomic mass is 16.5. The fraction of sp³-hybridized carbons (Fsp3) is 1.00. The maximum atomic E-state index is 9.62. The molecule has 0 heterocycles. The van der Waals surface area contributed by atoms with Crippen molar-refractivity contribution < 1.29 is 9.84 Å². The van der Waals surface area contributed by atoms with Crippen LogP contribution in [0.2, 0.25) is 0 Å². The Morgan fingerprint density at radius 3 is 2.59 bits per heavy atom. The van der Waals surface area contributed by atoms with Crippen molar-refractivity contribution in [2.45, 2.75) is 52.0 Å². The van der Waals surface area contributed by atoms with Gasteiger partial charge >= 0.3 is 0 Å². The average molecular weight is 243 g/mol. The summed E-state index contributed by atoms with van der Waals surface area (Å²) in [6.45, 7) is 9.12. The van der Waals surface area contributed by atoms with Gasteiger partial charge in [0.05, 0.1) is 18.8 Å². The van der Waals surface area contributed by atoms with Gasteiger partial charge in [-0.05, 0) is 44.1 Å². The molecule has 0 spiro atoms. The van der Waals surface area contributed by atoms with Gasteiger partial charge in [-0.15, -0.1) is 0 Å². The molecule has 0 aliphatic heterocycles. The van der Waals surface area contributed by atoms with Crippen LogP contribution in [0, 0.1) is 11.8 Å². The van der Waals surface area contributed by atoms with Gasteiger partial charge in [0.1, 0.15) is 0 Å². The lowest BCUT2D eigenvalue weighted by Gasteiger charge is -2.33. The van der Waals surface area contributed by atoms with E-state index in [0.29, 0.717) is 12.5 Å². The summed E-state index contributed by atoms with van der Waals surface area (Å²) in [7, 11) is 0. The highest BCUT2D eigenvalue weighted by Crippen LogP contribution is 2.39. The first-order valence-electron chi connectivity index (χ1n) is 7.08. The minimum absolute atomic E-state index is 0.174. The molecule has 1 fully saturated rings. The van der Waals surface area contributed by atoms with Gasteiger partial charge in [0, 0.05) is 6.61 Å². The maximum absolute atomic E-state index is 9.62. The Morgan fingerprint density at radius 2 is 2.12 bits per heavy atom. The van der Waals surface area contributed by atoms with Crippen LogP contribution in [-0.2, 0) is 4.74 Å². The first-order valence-corrected chi connectivity index (χ1v) is 7.08. The SMILES string of the molecule is CCNC(CO)(COCCCC(C)C)C1CC1. The molecule has 0 radical (unpaired) electrons. The quantitative estimate of drug-likeness (QED) is 0.578. The molecule has 0 aromatic carbocycles. The smallest absolute Gasteiger partial charge is 0.0679 e. The fourth-order valence-corrected chi connectivity index (χ4v) is 2.38. The molecule has 2 N–H and O–H groups in total. The molecule has 0 bridgehead atoms. The molecule has 0 saturated heterocycles. The first-order chi connectivity index (χ1) is 8.14. The Balaban J connectivity index is 2.24. The highest BCUT2D eigenvalue weighted by molar-refractivity contribution is 5.00. The van der Waals surface area contributed by atoms with Crippen molar-refractivity contribution in [1.29, 1.82) is 0 Å². The van der Waals surface area contributed by atoms with E-state index in [1.54, 1.807) is 0 Å². The Morgan fingerprint density at radius 1 is 1.41 bits per heavy atom. The zero-order valence-electron chi connectivity index (χ0n) is 11.7. The van der Waals surface area contributed by atoms with Crippen molar-refractivity contribution in [2.75, 3.05) is 26.4 Å². The summed E-state index contributed by atoms with van der Waals surface area (Å²) >= 11 is 0. The van der Waals surface area contributed by atoms with Crippen molar-refractivity contribution >= 4 is 0 Å². The molecule has 102 valence electrons. The summed E-state index contributed by atoms with van der Waals surface area (Å²) in [5.74, 6) is 1.36. The van der Waals surface area contributed by atoms with Gasteiger partial charge in [-0.25, -0.2) is 0 Å². The summed E-state index contributed by atoms with van der Waals surface area (Å²) < 4.78 is 5.77. The van der Waals surface area contributed by atoms with Crippen LogP contribution < -0.4 is 5.32 Å². The van der Waals surface area contributed by atoms with Crippen molar-refractivity contribution in [3.05, 3.63) is 0 Å². The Kier molecular flexibility index (Phi) is 6.45.